The van der Waals surface area contributed by atoms with Gasteiger partial charge in [0.2, 0.25) is 0 Å². The third-order valence-corrected chi connectivity index (χ3v) is 3.23. The van der Waals surface area contributed by atoms with Crippen molar-refractivity contribution in [2.75, 3.05) is 0 Å². The minimum atomic E-state index is -0.316. The monoisotopic (exact) mass is 169 g/mol. The molecule has 1 heterocycles. The maximum absolute atomic E-state index is 10.8. The molecule has 0 saturated heterocycles. The second-order valence-corrected chi connectivity index (χ2v) is 3.83. The Bertz CT molecular complexity index is 301. The van der Waals surface area contributed by atoms with Gasteiger partial charge in [-0.15, -0.1) is 11.3 Å². The SMILES string of the molecule is Cc1sc(C(N)=O)c(C)c1C. The lowest BCUT2D eigenvalue weighted by Crippen LogP contribution is -2.09. The predicted octanol–water partition coefficient (Wildman–Crippen LogP) is 1.77. The van der Waals surface area contributed by atoms with Crippen molar-refractivity contribution < 1.29 is 4.79 Å². The van der Waals surface area contributed by atoms with Crippen molar-refractivity contribution >= 4 is 17.2 Å². The van der Waals surface area contributed by atoms with E-state index in [2.05, 4.69) is 0 Å². The molecule has 0 radical (unpaired) electrons. The Balaban J connectivity index is 3.29. The topological polar surface area (TPSA) is 43.1 Å². The van der Waals surface area contributed by atoms with Gasteiger partial charge < -0.3 is 5.73 Å². The summed E-state index contributed by atoms with van der Waals surface area (Å²) in [5, 5.41) is 0. The molecular weight excluding hydrogens is 158 g/mol. The Morgan fingerprint density at radius 2 is 1.82 bits per heavy atom. The number of thiophene rings is 1. The number of nitrogens with two attached hydrogens (primary N) is 1. The molecule has 60 valence electrons. The van der Waals surface area contributed by atoms with E-state index in [4.69, 9.17) is 5.73 Å². The van der Waals surface area contributed by atoms with Crippen molar-refractivity contribution in [3.8, 4) is 0 Å². The summed E-state index contributed by atoms with van der Waals surface area (Å²) < 4.78 is 0. The first kappa shape index (κ1) is 8.27. The van der Waals surface area contributed by atoms with Gasteiger partial charge in [0.25, 0.3) is 5.91 Å². The number of hydrogen-bond acceptors (Lipinski definition) is 2. The van der Waals surface area contributed by atoms with Gasteiger partial charge in [0.05, 0.1) is 4.88 Å². The van der Waals surface area contributed by atoms with Gasteiger partial charge in [-0.25, -0.2) is 0 Å². The number of primary amides is 1. The molecule has 0 aliphatic rings. The average Bonchev–Trinajstić information content (AvgIpc) is 2.17. The van der Waals surface area contributed by atoms with Crippen LogP contribution in [0.4, 0.5) is 0 Å². The molecule has 0 fully saturated rings. The van der Waals surface area contributed by atoms with Gasteiger partial charge >= 0.3 is 0 Å². The molecule has 1 amide bonds. The quantitative estimate of drug-likeness (QED) is 0.684. The van der Waals surface area contributed by atoms with Gasteiger partial charge in [-0.1, -0.05) is 0 Å². The fourth-order valence-electron chi connectivity index (χ4n) is 0.976. The van der Waals surface area contributed by atoms with E-state index in [1.54, 1.807) is 0 Å². The molecule has 0 aliphatic carbocycles. The highest BCUT2D eigenvalue weighted by Gasteiger charge is 2.11. The molecule has 2 N–H and O–H groups in total. The molecule has 1 aromatic rings. The van der Waals surface area contributed by atoms with Crippen molar-refractivity contribution in [3.63, 3.8) is 0 Å². The van der Waals surface area contributed by atoms with Gasteiger partial charge in [0.1, 0.15) is 0 Å². The van der Waals surface area contributed by atoms with Gasteiger partial charge in [-0.3, -0.25) is 4.79 Å². The van der Waals surface area contributed by atoms with Crippen LogP contribution in [0.1, 0.15) is 25.7 Å². The van der Waals surface area contributed by atoms with E-state index in [-0.39, 0.29) is 5.91 Å². The van der Waals surface area contributed by atoms with Crippen LogP contribution in [0.3, 0.4) is 0 Å². The fraction of sp³-hybridized carbons (Fsp3) is 0.375. The lowest BCUT2D eigenvalue weighted by molar-refractivity contribution is 0.100. The zero-order valence-electron chi connectivity index (χ0n) is 6.89. The van der Waals surface area contributed by atoms with Crippen LogP contribution in [0.2, 0.25) is 0 Å². The number of carbonyl (C=O) groups is 1. The largest absolute Gasteiger partial charge is 0.365 e. The van der Waals surface area contributed by atoms with Crippen LogP contribution in [0.25, 0.3) is 0 Å². The van der Waals surface area contributed by atoms with Crippen molar-refractivity contribution in [1.82, 2.24) is 0 Å². The fourth-order valence-corrected chi connectivity index (χ4v) is 1.99. The van der Waals surface area contributed by atoms with Gasteiger partial charge in [-0.05, 0) is 31.9 Å². The lowest BCUT2D eigenvalue weighted by Gasteiger charge is -1.91. The second kappa shape index (κ2) is 2.66. The summed E-state index contributed by atoms with van der Waals surface area (Å²) in [6, 6.07) is 0. The highest BCUT2D eigenvalue weighted by molar-refractivity contribution is 7.14. The van der Waals surface area contributed by atoms with Gasteiger partial charge in [0, 0.05) is 4.88 Å². The van der Waals surface area contributed by atoms with Crippen LogP contribution in [-0.2, 0) is 0 Å². The first-order valence-electron chi connectivity index (χ1n) is 3.40. The molecule has 2 nitrogen and oxygen atoms in total. The van der Waals surface area contributed by atoms with Crippen LogP contribution in [0.15, 0.2) is 0 Å². The molecule has 0 aromatic carbocycles. The van der Waals surface area contributed by atoms with Gasteiger partial charge in [0.15, 0.2) is 0 Å². The normalized spacial score (nSPS) is 10.1. The summed E-state index contributed by atoms with van der Waals surface area (Å²) in [6.45, 7) is 5.94. The van der Waals surface area contributed by atoms with E-state index < -0.39 is 0 Å². The zero-order chi connectivity index (χ0) is 8.59. The van der Waals surface area contributed by atoms with E-state index in [9.17, 15) is 4.79 Å². The molecule has 0 aliphatic heterocycles. The number of aryl methyl sites for hydroxylation is 1. The molecule has 1 aromatic heterocycles. The minimum Gasteiger partial charge on any atom is -0.365 e. The molecule has 3 heteroatoms. The first-order chi connectivity index (χ1) is 5.04. The highest BCUT2D eigenvalue weighted by Crippen LogP contribution is 2.25. The first-order valence-corrected chi connectivity index (χ1v) is 4.22. The highest BCUT2D eigenvalue weighted by atomic mass is 32.1. The molecule has 0 atom stereocenters. The molecule has 0 saturated carbocycles. The Kier molecular flexibility index (Phi) is 2.00. The maximum Gasteiger partial charge on any atom is 0.259 e. The van der Waals surface area contributed by atoms with Crippen LogP contribution in [0, 0.1) is 20.8 Å². The lowest BCUT2D eigenvalue weighted by atomic mass is 10.1. The summed E-state index contributed by atoms with van der Waals surface area (Å²) in [5.41, 5.74) is 7.38. The standard InChI is InChI=1S/C8H11NOS/c1-4-5(2)7(8(9)10)11-6(4)3/h1-3H3,(H2,9,10). The summed E-state index contributed by atoms with van der Waals surface area (Å²) in [7, 11) is 0. The zero-order valence-corrected chi connectivity index (χ0v) is 7.71. The predicted molar refractivity (Wildman–Crippen MR) is 47.0 cm³/mol. The second-order valence-electron chi connectivity index (χ2n) is 2.60. The van der Waals surface area contributed by atoms with E-state index in [1.165, 1.54) is 21.8 Å². The van der Waals surface area contributed by atoms with Crippen molar-refractivity contribution in [1.29, 1.82) is 0 Å². The van der Waals surface area contributed by atoms with E-state index in [1.807, 2.05) is 20.8 Å². The molecule has 11 heavy (non-hydrogen) atoms. The number of amides is 1. The third kappa shape index (κ3) is 1.28. The van der Waals surface area contributed by atoms with Crippen LogP contribution in [0.5, 0.6) is 0 Å². The summed E-state index contributed by atoms with van der Waals surface area (Å²) in [6.07, 6.45) is 0. The number of rotatable bonds is 1. The Morgan fingerprint density at radius 3 is 2.00 bits per heavy atom. The average molecular weight is 169 g/mol. The molecule has 0 unspecified atom stereocenters. The smallest absolute Gasteiger partial charge is 0.259 e. The van der Waals surface area contributed by atoms with Crippen LogP contribution < -0.4 is 5.73 Å². The summed E-state index contributed by atoms with van der Waals surface area (Å²) in [4.78, 5) is 12.7. The van der Waals surface area contributed by atoms with E-state index in [0.717, 1.165) is 5.56 Å². The molecule has 0 spiro atoms. The van der Waals surface area contributed by atoms with E-state index in [0.29, 0.717) is 4.88 Å². The Hall–Kier alpha value is -0.830. The minimum absolute atomic E-state index is 0.316. The van der Waals surface area contributed by atoms with Crippen LogP contribution in [-0.4, -0.2) is 5.91 Å². The van der Waals surface area contributed by atoms with Crippen LogP contribution >= 0.6 is 11.3 Å². The van der Waals surface area contributed by atoms with Crippen molar-refractivity contribution in [2.45, 2.75) is 20.8 Å². The van der Waals surface area contributed by atoms with E-state index >= 15 is 0 Å². The third-order valence-electron chi connectivity index (χ3n) is 1.91. The van der Waals surface area contributed by atoms with Gasteiger partial charge in [-0.2, -0.15) is 0 Å². The molecule has 0 bridgehead atoms. The summed E-state index contributed by atoms with van der Waals surface area (Å²) >= 11 is 1.47. The maximum atomic E-state index is 10.8. The van der Waals surface area contributed by atoms with Crippen molar-refractivity contribution in [3.05, 3.63) is 20.9 Å². The Labute approximate surface area is 70.0 Å². The number of carbonyl (C=O) groups excluding carboxylic acids is 1. The van der Waals surface area contributed by atoms with Crippen molar-refractivity contribution in [2.24, 2.45) is 5.73 Å². The number of hydrogen-bond donors (Lipinski definition) is 1. The molecular formula is C8H11NOS. The summed E-state index contributed by atoms with van der Waals surface area (Å²) in [5.74, 6) is -0.316. The Morgan fingerprint density at radius 1 is 1.27 bits per heavy atom. The molecule has 1 rings (SSSR count).